The van der Waals surface area contributed by atoms with E-state index in [0.717, 1.165) is 17.0 Å². The average molecular weight is 314 g/mol. The number of rotatable bonds is 5. The molecule has 0 fully saturated rings. The van der Waals surface area contributed by atoms with Crippen LogP contribution in [0.25, 0.3) is 0 Å². The van der Waals surface area contributed by atoms with Crippen LogP contribution in [0.1, 0.15) is 28.5 Å². The average Bonchev–Trinajstić information content (AvgIpc) is 3.00. The number of nitrogens with one attached hydrogen (secondary N) is 1. The maximum absolute atomic E-state index is 12.3. The first kappa shape index (κ1) is 15.1. The molecule has 1 aromatic carbocycles. The smallest absolute Gasteiger partial charge is 0.263 e. The molecule has 0 bridgehead atoms. The van der Waals surface area contributed by atoms with Crippen molar-refractivity contribution in [2.24, 2.45) is 0 Å². The van der Waals surface area contributed by atoms with E-state index in [1.807, 2.05) is 38.1 Å². The van der Waals surface area contributed by atoms with Crippen molar-refractivity contribution in [1.29, 1.82) is 0 Å². The van der Waals surface area contributed by atoms with E-state index >= 15 is 0 Å². The SMILES string of the molecule is CCn1c(C)cc(NCc2ccc3c(c2)OCO3)c(C=O)c1=O. The molecule has 3 rings (SSSR count). The van der Waals surface area contributed by atoms with Crippen molar-refractivity contribution in [2.75, 3.05) is 12.1 Å². The van der Waals surface area contributed by atoms with Crippen molar-refractivity contribution >= 4 is 12.0 Å². The summed E-state index contributed by atoms with van der Waals surface area (Å²) in [7, 11) is 0. The number of benzene rings is 1. The molecule has 0 spiro atoms. The highest BCUT2D eigenvalue weighted by Gasteiger charge is 2.14. The van der Waals surface area contributed by atoms with Crippen LogP contribution in [0.2, 0.25) is 0 Å². The van der Waals surface area contributed by atoms with E-state index in [2.05, 4.69) is 5.32 Å². The summed E-state index contributed by atoms with van der Waals surface area (Å²) in [5.74, 6) is 1.43. The number of aromatic nitrogens is 1. The largest absolute Gasteiger partial charge is 0.454 e. The highest BCUT2D eigenvalue weighted by molar-refractivity contribution is 5.83. The Morgan fingerprint density at radius 1 is 1.26 bits per heavy atom. The van der Waals surface area contributed by atoms with Gasteiger partial charge >= 0.3 is 0 Å². The number of hydrogen-bond acceptors (Lipinski definition) is 5. The number of aldehydes is 1. The van der Waals surface area contributed by atoms with Gasteiger partial charge < -0.3 is 19.4 Å². The maximum Gasteiger partial charge on any atom is 0.263 e. The Morgan fingerprint density at radius 3 is 2.78 bits per heavy atom. The van der Waals surface area contributed by atoms with Crippen molar-refractivity contribution in [3.63, 3.8) is 0 Å². The summed E-state index contributed by atoms with van der Waals surface area (Å²) in [4.78, 5) is 23.6. The quantitative estimate of drug-likeness (QED) is 0.858. The Bertz CT molecular complexity index is 811. The van der Waals surface area contributed by atoms with Crippen molar-refractivity contribution in [3.8, 4) is 11.5 Å². The molecule has 2 aromatic rings. The van der Waals surface area contributed by atoms with Crippen LogP contribution in [0, 0.1) is 6.92 Å². The Kier molecular flexibility index (Phi) is 4.06. The number of carbonyl (C=O) groups excluding carboxylic acids is 1. The summed E-state index contributed by atoms with van der Waals surface area (Å²) >= 11 is 0. The van der Waals surface area contributed by atoms with Crippen LogP contribution in [-0.2, 0) is 13.1 Å². The van der Waals surface area contributed by atoms with Crippen LogP contribution >= 0.6 is 0 Å². The van der Waals surface area contributed by atoms with Gasteiger partial charge in [-0.25, -0.2) is 0 Å². The van der Waals surface area contributed by atoms with E-state index in [0.29, 0.717) is 30.8 Å². The first-order valence-corrected chi connectivity index (χ1v) is 7.46. The lowest BCUT2D eigenvalue weighted by Crippen LogP contribution is -2.26. The van der Waals surface area contributed by atoms with Gasteiger partial charge in [-0.15, -0.1) is 0 Å². The van der Waals surface area contributed by atoms with Crippen LogP contribution in [-0.4, -0.2) is 17.6 Å². The van der Waals surface area contributed by atoms with Crippen LogP contribution < -0.4 is 20.3 Å². The zero-order valence-electron chi connectivity index (χ0n) is 13.1. The zero-order valence-corrected chi connectivity index (χ0v) is 13.1. The second-order valence-electron chi connectivity index (χ2n) is 5.32. The Labute approximate surface area is 133 Å². The maximum atomic E-state index is 12.3. The standard InChI is InChI=1S/C17H18N2O4/c1-3-19-11(2)6-14(13(9-20)17(19)21)18-8-12-4-5-15-16(7-12)23-10-22-15/h4-7,9,18H,3,8,10H2,1-2H3. The highest BCUT2D eigenvalue weighted by atomic mass is 16.7. The molecule has 1 aromatic heterocycles. The number of ether oxygens (including phenoxy) is 2. The fraction of sp³-hybridized carbons (Fsp3) is 0.294. The molecule has 0 saturated carbocycles. The van der Waals surface area contributed by atoms with E-state index in [4.69, 9.17) is 9.47 Å². The van der Waals surface area contributed by atoms with Gasteiger partial charge in [0.1, 0.15) is 5.56 Å². The monoisotopic (exact) mass is 314 g/mol. The highest BCUT2D eigenvalue weighted by Crippen LogP contribution is 2.32. The number of nitrogens with zero attached hydrogens (tertiary/aromatic N) is 1. The fourth-order valence-corrected chi connectivity index (χ4v) is 2.69. The van der Waals surface area contributed by atoms with Gasteiger partial charge in [-0.3, -0.25) is 9.59 Å². The molecule has 6 heteroatoms. The van der Waals surface area contributed by atoms with Crippen molar-refractivity contribution < 1.29 is 14.3 Å². The number of hydrogen-bond donors (Lipinski definition) is 1. The minimum atomic E-state index is -0.268. The fourth-order valence-electron chi connectivity index (χ4n) is 2.69. The van der Waals surface area contributed by atoms with Crippen molar-refractivity contribution in [3.05, 3.63) is 51.4 Å². The molecule has 0 radical (unpaired) electrons. The van der Waals surface area contributed by atoms with Crippen LogP contribution in [0.15, 0.2) is 29.1 Å². The molecule has 0 aliphatic carbocycles. The van der Waals surface area contributed by atoms with Gasteiger partial charge in [0.25, 0.3) is 5.56 Å². The van der Waals surface area contributed by atoms with E-state index in [-0.39, 0.29) is 17.9 Å². The predicted octanol–water partition coefficient (Wildman–Crippen LogP) is 2.33. The minimum Gasteiger partial charge on any atom is -0.454 e. The van der Waals surface area contributed by atoms with Crippen LogP contribution in [0.5, 0.6) is 11.5 Å². The molecular weight excluding hydrogens is 296 g/mol. The molecule has 0 unspecified atom stereocenters. The molecule has 1 N–H and O–H groups in total. The van der Waals surface area contributed by atoms with Crippen molar-refractivity contribution in [2.45, 2.75) is 26.9 Å². The number of anilines is 1. The van der Waals surface area contributed by atoms with Gasteiger partial charge in [0.15, 0.2) is 17.8 Å². The molecule has 1 aliphatic heterocycles. The van der Waals surface area contributed by atoms with Gasteiger partial charge in [0.05, 0.1) is 5.69 Å². The normalized spacial score (nSPS) is 12.3. The number of carbonyl (C=O) groups is 1. The zero-order chi connectivity index (χ0) is 16.4. The summed E-state index contributed by atoms with van der Waals surface area (Å²) in [5, 5.41) is 3.16. The first-order chi connectivity index (χ1) is 11.1. The third kappa shape index (κ3) is 2.79. The Hall–Kier alpha value is -2.76. The molecule has 0 amide bonds. The van der Waals surface area contributed by atoms with Gasteiger partial charge in [-0.2, -0.15) is 0 Å². The lowest BCUT2D eigenvalue weighted by Gasteiger charge is -2.14. The lowest BCUT2D eigenvalue weighted by molar-refractivity contribution is 0.112. The Morgan fingerprint density at radius 2 is 2.04 bits per heavy atom. The molecule has 120 valence electrons. The molecule has 23 heavy (non-hydrogen) atoms. The minimum absolute atomic E-state index is 0.151. The van der Waals surface area contributed by atoms with Crippen LogP contribution in [0.4, 0.5) is 5.69 Å². The van der Waals surface area contributed by atoms with E-state index < -0.39 is 0 Å². The molecule has 0 saturated heterocycles. The summed E-state index contributed by atoms with van der Waals surface area (Å²) in [6.45, 7) is 4.98. The molecule has 2 heterocycles. The van der Waals surface area contributed by atoms with Gasteiger partial charge in [0.2, 0.25) is 6.79 Å². The summed E-state index contributed by atoms with van der Waals surface area (Å²) < 4.78 is 12.2. The third-order valence-electron chi connectivity index (χ3n) is 3.90. The van der Waals surface area contributed by atoms with Crippen molar-refractivity contribution in [1.82, 2.24) is 4.57 Å². The summed E-state index contributed by atoms with van der Waals surface area (Å²) in [5.41, 5.74) is 2.22. The summed E-state index contributed by atoms with van der Waals surface area (Å²) in [6.07, 6.45) is 0.607. The molecule has 0 atom stereocenters. The second-order valence-corrected chi connectivity index (χ2v) is 5.32. The lowest BCUT2D eigenvalue weighted by atomic mass is 10.1. The first-order valence-electron chi connectivity index (χ1n) is 7.46. The Balaban J connectivity index is 1.86. The van der Waals surface area contributed by atoms with Gasteiger partial charge in [-0.05, 0) is 37.6 Å². The molecular formula is C17H18N2O4. The summed E-state index contributed by atoms with van der Waals surface area (Å²) in [6, 6.07) is 7.47. The number of fused-ring (bicyclic) bond motifs is 1. The van der Waals surface area contributed by atoms with Gasteiger partial charge in [-0.1, -0.05) is 6.07 Å². The third-order valence-corrected chi connectivity index (χ3v) is 3.90. The number of aryl methyl sites for hydroxylation is 1. The van der Waals surface area contributed by atoms with Gasteiger partial charge in [0, 0.05) is 18.8 Å². The molecule has 6 nitrogen and oxygen atoms in total. The number of pyridine rings is 1. The molecule has 1 aliphatic rings. The van der Waals surface area contributed by atoms with E-state index in [9.17, 15) is 9.59 Å². The second kappa shape index (κ2) is 6.16. The topological polar surface area (TPSA) is 69.6 Å². The van der Waals surface area contributed by atoms with Crippen LogP contribution in [0.3, 0.4) is 0 Å². The van der Waals surface area contributed by atoms with E-state index in [1.165, 1.54) is 0 Å². The van der Waals surface area contributed by atoms with E-state index in [1.54, 1.807) is 4.57 Å². The predicted molar refractivity (Wildman–Crippen MR) is 86.4 cm³/mol.